The molecule has 1 saturated carbocycles. The fraction of sp³-hybridized carbons (Fsp3) is 0.350. The molecule has 8 heteroatoms. The number of fused-ring (bicyclic) bond motifs is 2. The molecule has 0 spiro atoms. The summed E-state index contributed by atoms with van der Waals surface area (Å²) in [5, 5.41) is 12.7. The van der Waals surface area contributed by atoms with Gasteiger partial charge in [0.1, 0.15) is 22.7 Å². The monoisotopic (exact) mass is 382 g/mol. The van der Waals surface area contributed by atoms with Gasteiger partial charge in [-0.25, -0.2) is 14.2 Å². The average molecular weight is 382 g/mol. The highest BCUT2D eigenvalue weighted by Crippen LogP contribution is 2.37. The molecule has 2 N–H and O–H groups in total. The van der Waals surface area contributed by atoms with E-state index in [-0.39, 0.29) is 28.7 Å². The van der Waals surface area contributed by atoms with Crippen LogP contribution in [0.25, 0.3) is 22.3 Å². The first-order chi connectivity index (χ1) is 13.4. The fourth-order valence-corrected chi connectivity index (χ4v) is 3.96. The lowest BCUT2D eigenvalue weighted by molar-refractivity contribution is 0.0695. The number of rotatable bonds is 3. The lowest BCUT2D eigenvalue weighted by Crippen LogP contribution is -2.30. The summed E-state index contributed by atoms with van der Waals surface area (Å²) in [7, 11) is 0. The standard InChI is InChI=1S/C20H19FN4O3/c1-10-16-6-11(8-24(16)5-4-22-10)17-15(21)7-13-18(26)14(20(27)28)9-25(12-2-3-12)19(13)23-17/h6-10,12,22H,2-5H2,1H3,(H,27,28). The van der Waals surface area contributed by atoms with Crippen molar-refractivity contribution in [1.29, 1.82) is 0 Å². The maximum absolute atomic E-state index is 14.9. The first-order valence-electron chi connectivity index (χ1n) is 9.36. The Balaban J connectivity index is 1.75. The molecule has 3 aromatic rings. The fourth-order valence-electron chi connectivity index (χ4n) is 3.96. The van der Waals surface area contributed by atoms with E-state index >= 15 is 0 Å². The Kier molecular flexibility index (Phi) is 3.67. The molecule has 0 saturated heterocycles. The van der Waals surface area contributed by atoms with Crippen molar-refractivity contribution in [2.75, 3.05) is 6.54 Å². The third-order valence-corrected chi connectivity index (χ3v) is 5.58. The highest BCUT2D eigenvalue weighted by atomic mass is 19.1. The van der Waals surface area contributed by atoms with Crippen LogP contribution in [0.3, 0.4) is 0 Å². The van der Waals surface area contributed by atoms with E-state index in [2.05, 4.69) is 21.8 Å². The quantitative estimate of drug-likeness (QED) is 0.727. The number of carbonyl (C=O) groups is 1. The zero-order chi connectivity index (χ0) is 19.6. The molecule has 1 unspecified atom stereocenters. The first kappa shape index (κ1) is 17.1. The van der Waals surface area contributed by atoms with E-state index in [0.717, 1.165) is 37.7 Å². The molecular weight excluding hydrogens is 363 g/mol. The van der Waals surface area contributed by atoms with Crippen LogP contribution < -0.4 is 10.7 Å². The zero-order valence-corrected chi connectivity index (χ0v) is 15.3. The van der Waals surface area contributed by atoms with Gasteiger partial charge < -0.3 is 19.6 Å². The smallest absolute Gasteiger partial charge is 0.341 e. The Morgan fingerprint density at radius 1 is 1.32 bits per heavy atom. The summed E-state index contributed by atoms with van der Waals surface area (Å²) in [6.45, 7) is 3.69. The van der Waals surface area contributed by atoms with Gasteiger partial charge in [-0.15, -0.1) is 0 Å². The largest absolute Gasteiger partial charge is 0.477 e. The third kappa shape index (κ3) is 2.56. The molecule has 28 heavy (non-hydrogen) atoms. The van der Waals surface area contributed by atoms with Gasteiger partial charge in [-0.3, -0.25) is 4.79 Å². The molecule has 144 valence electrons. The highest BCUT2D eigenvalue weighted by Gasteiger charge is 2.28. The minimum atomic E-state index is -1.31. The van der Waals surface area contributed by atoms with Crippen LogP contribution in [-0.2, 0) is 6.54 Å². The number of nitrogens with one attached hydrogen (secondary N) is 1. The van der Waals surface area contributed by atoms with Gasteiger partial charge in [0, 0.05) is 48.8 Å². The Bertz CT molecular complexity index is 1190. The van der Waals surface area contributed by atoms with Crippen LogP contribution >= 0.6 is 0 Å². The van der Waals surface area contributed by atoms with Gasteiger partial charge in [-0.1, -0.05) is 0 Å². The number of carboxylic acid groups (broad SMARTS) is 1. The van der Waals surface area contributed by atoms with Gasteiger partial charge in [-0.05, 0) is 31.9 Å². The van der Waals surface area contributed by atoms with Crippen molar-refractivity contribution < 1.29 is 14.3 Å². The number of pyridine rings is 2. The normalized spacial score (nSPS) is 19.0. The molecule has 0 aromatic carbocycles. The minimum absolute atomic E-state index is 0.00653. The van der Waals surface area contributed by atoms with E-state index in [1.54, 1.807) is 4.57 Å². The van der Waals surface area contributed by atoms with E-state index in [1.807, 2.05) is 12.3 Å². The maximum atomic E-state index is 14.9. The number of hydrogen-bond acceptors (Lipinski definition) is 4. The molecule has 1 aliphatic heterocycles. The maximum Gasteiger partial charge on any atom is 0.341 e. The Morgan fingerprint density at radius 2 is 2.11 bits per heavy atom. The molecule has 0 bridgehead atoms. The predicted molar refractivity (Wildman–Crippen MR) is 101 cm³/mol. The Hall–Kier alpha value is -3.00. The highest BCUT2D eigenvalue weighted by molar-refractivity contribution is 5.92. The first-order valence-corrected chi connectivity index (χ1v) is 9.36. The topological polar surface area (TPSA) is 89.2 Å². The second kappa shape index (κ2) is 6.00. The average Bonchev–Trinajstić information content (AvgIpc) is 3.40. The van der Waals surface area contributed by atoms with Crippen molar-refractivity contribution in [3.63, 3.8) is 0 Å². The van der Waals surface area contributed by atoms with E-state index in [0.29, 0.717) is 11.2 Å². The number of halogens is 1. The molecule has 0 radical (unpaired) electrons. The number of nitrogens with zero attached hydrogens (tertiary/aromatic N) is 3. The lowest BCUT2D eigenvalue weighted by atomic mass is 10.1. The summed E-state index contributed by atoms with van der Waals surface area (Å²) in [6, 6.07) is 3.30. The van der Waals surface area contributed by atoms with Gasteiger partial charge in [0.15, 0.2) is 0 Å². The molecule has 1 fully saturated rings. The molecule has 4 heterocycles. The summed E-state index contributed by atoms with van der Waals surface area (Å²) in [5.74, 6) is -1.94. The number of aromatic carboxylic acids is 1. The molecule has 2 aliphatic rings. The van der Waals surface area contributed by atoms with Crippen molar-refractivity contribution in [3.8, 4) is 11.3 Å². The summed E-state index contributed by atoms with van der Waals surface area (Å²) < 4.78 is 18.7. The van der Waals surface area contributed by atoms with Crippen LogP contribution in [0.2, 0.25) is 0 Å². The predicted octanol–water partition coefficient (Wildman–Crippen LogP) is 2.70. The van der Waals surface area contributed by atoms with Crippen LogP contribution in [0, 0.1) is 5.82 Å². The third-order valence-electron chi connectivity index (χ3n) is 5.58. The molecular formula is C20H19FN4O3. The second-order valence-electron chi connectivity index (χ2n) is 7.53. The van der Waals surface area contributed by atoms with Crippen molar-refractivity contribution in [3.05, 3.63) is 51.8 Å². The zero-order valence-electron chi connectivity index (χ0n) is 15.3. The van der Waals surface area contributed by atoms with Gasteiger partial charge in [0.05, 0.1) is 5.39 Å². The summed E-state index contributed by atoms with van der Waals surface area (Å²) in [6.07, 6.45) is 5.00. The van der Waals surface area contributed by atoms with E-state index < -0.39 is 17.2 Å². The van der Waals surface area contributed by atoms with Crippen molar-refractivity contribution in [2.45, 2.75) is 38.4 Å². The molecule has 1 atom stereocenters. The van der Waals surface area contributed by atoms with Gasteiger partial charge in [-0.2, -0.15) is 0 Å². The summed E-state index contributed by atoms with van der Waals surface area (Å²) in [5.41, 5.74) is 1.17. The van der Waals surface area contributed by atoms with Crippen LogP contribution in [0.1, 0.15) is 47.9 Å². The molecule has 1 aliphatic carbocycles. The van der Waals surface area contributed by atoms with Crippen LogP contribution in [0.15, 0.2) is 29.3 Å². The SMILES string of the molecule is CC1NCCn2cc(-c3nc4c(cc3F)c(=O)c(C(=O)O)cn4C3CC3)cc21. The van der Waals surface area contributed by atoms with Crippen LogP contribution in [0.4, 0.5) is 4.39 Å². The van der Waals surface area contributed by atoms with Crippen molar-refractivity contribution in [2.24, 2.45) is 0 Å². The van der Waals surface area contributed by atoms with Gasteiger partial charge in [0.25, 0.3) is 0 Å². The molecule has 3 aromatic heterocycles. The van der Waals surface area contributed by atoms with E-state index in [9.17, 15) is 19.1 Å². The van der Waals surface area contributed by atoms with Gasteiger partial charge >= 0.3 is 5.97 Å². The van der Waals surface area contributed by atoms with Crippen molar-refractivity contribution in [1.82, 2.24) is 19.4 Å². The molecule has 0 amide bonds. The van der Waals surface area contributed by atoms with E-state index in [4.69, 9.17) is 0 Å². The Labute approximate surface area is 159 Å². The summed E-state index contributed by atoms with van der Waals surface area (Å²) >= 11 is 0. The minimum Gasteiger partial charge on any atom is -0.477 e. The lowest BCUT2D eigenvalue weighted by Gasteiger charge is -2.22. The van der Waals surface area contributed by atoms with Gasteiger partial charge in [0.2, 0.25) is 5.43 Å². The number of hydrogen-bond donors (Lipinski definition) is 2. The molecule has 7 nitrogen and oxygen atoms in total. The summed E-state index contributed by atoms with van der Waals surface area (Å²) in [4.78, 5) is 28.5. The van der Waals surface area contributed by atoms with Crippen LogP contribution in [-0.4, -0.2) is 31.7 Å². The molecule has 5 rings (SSSR count). The van der Waals surface area contributed by atoms with Crippen molar-refractivity contribution >= 4 is 17.0 Å². The Morgan fingerprint density at radius 3 is 2.79 bits per heavy atom. The number of carboxylic acids is 1. The van der Waals surface area contributed by atoms with Crippen LogP contribution in [0.5, 0.6) is 0 Å². The van der Waals surface area contributed by atoms with E-state index in [1.165, 1.54) is 6.20 Å². The second-order valence-corrected chi connectivity index (χ2v) is 7.53. The number of aromatic nitrogens is 3.